The van der Waals surface area contributed by atoms with Crippen molar-refractivity contribution in [2.45, 2.75) is 84.3 Å². The van der Waals surface area contributed by atoms with Gasteiger partial charge in [0.05, 0.1) is 0 Å². The van der Waals surface area contributed by atoms with Gasteiger partial charge < -0.3 is 19.5 Å². The molecule has 0 aliphatic heterocycles. The maximum atomic E-state index is 14.3. The summed E-state index contributed by atoms with van der Waals surface area (Å²) in [5.74, 6) is -2.18. The lowest BCUT2D eigenvalue weighted by Crippen LogP contribution is -2.43. The fourth-order valence-corrected chi connectivity index (χ4v) is 4.34. The number of amides is 1. The number of ether oxygens (including phenoxy) is 2. The van der Waals surface area contributed by atoms with E-state index in [1.54, 1.807) is 43.0 Å². The van der Waals surface area contributed by atoms with E-state index in [0.29, 0.717) is 25.3 Å². The highest BCUT2D eigenvalue weighted by atomic mass is 19.1. The van der Waals surface area contributed by atoms with E-state index in [2.05, 4.69) is 6.92 Å². The Hall–Kier alpha value is -3.00. The Kier molecular flexibility index (Phi) is 13.2. The van der Waals surface area contributed by atoms with Crippen LogP contribution in [0.5, 0.6) is 5.75 Å². The maximum Gasteiger partial charge on any atom is 0.336 e. The van der Waals surface area contributed by atoms with E-state index in [0.717, 1.165) is 43.7 Å². The number of unbranched alkanes of at least 4 members (excludes halogenated alkanes) is 5. The average Bonchev–Trinajstić information content (AvgIpc) is 2.90. The summed E-state index contributed by atoms with van der Waals surface area (Å²) in [5.41, 5.74) is -0.264. The van der Waals surface area contributed by atoms with Crippen LogP contribution in [0, 0.1) is 11.6 Å². The van der Waals surface area contributed by atoms with Crippen LogP contribution < -0.4 is 4.74 Å². The van der Waals surface area contributed by atoms with Gasteiger partial charge in [-0.3, -0.25) is 4.79 Å². The zero-order valence-electron chi connectivity index (χ0n) is 22.8. The summed E-state index contributed by atoms with van der Waals surface area (Å²) in [7, 11) is 0. The zero-order valence-corrected chi connectivity index (χ0v) is 22.8. The molecule has 8 heteroatoms. The summed E-state index contributed by atoms with van der Waals surface area (Å²) < 4.78 is 38.9. The number of rotatable bonds is 18. The number of aliphatic carboxylic acids is 1. The minimum atomic E-state index is -1.29. The first kappa shape index (κ1) is 31.2. The predicted molar refractivity (Wildman–Crippen MR) is 143 cm³/mol. The Morgan fingerprint density at radius 3 is 2.24 bits per heavy atom. The van der Waals surface area contributed by atoms with Crippen LogP contribution in [0.1, 0.15) is 76.8 Å². The average molecular weight is 534 g/mol. The molecule has 0 saturated carbocycles. The third-order valence-electron chi connectivity index (χ3n) is 6.67. The predicted octanol–water partition coefficient (Wildman–Crippen LogP) is 6.55. The number of carbonyl (C=O) groups excluding carboxylic acids is 1. The molecule has 2 aromatic carbocycles. The summed E-state index contributed by atoms with van der Waals surface area (Å²) in [6.45, 7) is 6.25. The number of nitrogens with zero attached hydrogens (tertiary/aromatic N) is 1. The van der Waals surface area contributed by atoms with Crippen molar-refractivity contribution in [3.63, 3.8) is 0 Å². The van der Waals surface area contributed by atoms with Gasteiger partial charge in [-0.25, -0.2) is 13.6 Å². The molecule has 0 unspecified atom stereocenters. The summed E-state index contributed by atoms with van der Waals surface area (Å²) >= 11 is 0. The lowest BCUT2D eigenvalue weighted by Gasteiger charge is -2.28. The minimum Gasteiger partial charge on any atom is -0.484 e. The fraction of sp³-hybridized carbons (Fsp3) is 0.533. The lowest BCUT2D eigenvalue weighted by molar-refractivity contribution is -0.166. The van der Waals surface area contributed by atoms with Crippen LogP contribution in [0.25, 0.3) is 0 Å². The number of benzene rings is 2. The van der Waals surface area contributed by atoms with Gasteiger partial charge in [-0.2, -0.15) is 0 Å². The van der Waals surface area contributed by atoms with Crippen LogP contribution in [0.4, 0.5) is 8.78 Å². The van der Waals surface area contributed by atoms with Gasteiger partial charge in [0.1, 0.15) is 17.4 Å². The normalized spacial score (nSPS) is 12.7. The van der Waals surface area contributed by atoms with Crippen molar-refractivity contribution in [1.82, 2.24) is 4.90 Å². The second-order valence-corrected chi connectivity index (χ2v) is 9.51. The van der Waals surface area contributed by atoms with Gasteiger partial charge >= 0.3 is 5.97 Å². The molecule has 1 N–H and O–H groups in total. The molecule has 0 saturated heterocycles. The van der Waals surface area contributed by atoms with Crippen molar-refractivity contribution < 1.29 is 33.0 Å². The van der Waals surface area contributed by atoms with Gasteiger partial charge in [-0.05, 0) is 43.5 Å². The number of halogens is 2. The highest BCUT2D eigenvalue weighted by Crippen LogP contribution is 2.24. The smallest absolute Gasteiger partial charge is 0.336 e. The fourth-order valence-electron chi connectivity index (χ4n) is 4.34. The molecule has 1 amide bonds. The first-order chi connectivity index (χ1) is 18.2. The molecular formula is C30H41F2NO5. The molecule has 0 fully saturated rings. The van der Waals surface area contributed by atoms with Crippen molar-refractivity contribution >= 4 is 11.9 Å². The molecular weight excluding hydrogens is 492 g/mol. The SMILES string of the molecule is CCCCCCCCN(Cc1ccc(F)cc1F)C(=O)COc1ccc(C[C@](CC)(OCC)C(=O)O)cc1. The highest BCUT2D eigenvalue weighted by Gasteiger charge is 2.37. The van der Waals surface area contributed by atoms with E-state index in [4.69, 9.17) is 9.47 Å². The number of hydrogen-bond donors (Lipinski definition) is 1. The first-order valence-corrected chi connectivity index (χ1v) is 13.5. The topological polar surface area (TPSA) is 76.1 Å². The van der Waals surface area contributed by atoms with E-state index in [1.165, 1.54) is 18.6 Å². The van der Waals surface area contributed by atoms with Crippen molar-refractivity contribution in [3.8, 4) is 5.75 Å². The standard InChI is InChI=1S/C30H41F2NO5/c1-4-7-8-9-10-11-18-33(21-24-14-15-25(31)19-27(24)32)28(34)22-37-26-16-12-23(13-17-26)20-30(5-2,29(35)36)38-6-3/h12-17,19H,4-11,18,20-22H2,1-3H3,(H,35,36)/t30-/m0/s1. The molecule has 0 bridgehead atoms. The van der Waals surface area contributed by atoms with Crippen molar-refractivity contribution in [2.75, 3.05) is 19.8 Å². The molecule has 0 heterocycles. The second-order valence-electron chi connectivity index (χ2n) is 9.51. The van der Waals surface area contributed by atoms with Crippen LogP contribution in [-0.2, 0) is 27.3 Å². The highest BCUT2D eigenvalue weighted by molar-refractivity contribution is 5.78. The van der Waals surface area contributed by atoms with Gasteiger partial charge in [0.15, 0.2) is 12.2 Å². The summed E-state index contributed by atoms with van der Waals surface area (Å²) in [6, 6.07) is 10.3. The third kappa shape index (κ3) is 9.71. The lowest BCUT2D eigenvalue weighted by atomic mass is 9.91. The molecule has 2 aromatic rings. The molecule has 0 radical (unpaired) electrons. The molecule has 1 atom stereocenters. The maximum absolute atomic E-state index is 14.3. The van der Waals surface area contributed by atoms with E-state index in [-0.39, 0.29) is 31.0 Å². The third-order valence-corrected chi connectivity index (χ3v) is 6.67. The molecule has 0 aliphatic rings. The largest absolute Gasteiger partial charge is 0.484 e. The Morgan fingerprint density at radius 2 is 1.63 bits per heavy atom. The second kappa shape index (κ2) is 16.1. The summed E-state index contributed by atoms with van der Waals surface area (Å²) in [5, 5.41) is 9.69. The van der Waals surface area contributed by atoms with Crippen LogP contribution >= 0.6 is 0 Å². The molecule has 0 aliphatic carbocycles. The number of hydrogen-bond acceptors (Lipinski definition) is 4. The van der Waals surface area contributed by atoms with E-state index < -0.39 is 23.2 Å². The molecule has 2 rings (SSSR count). The Morgan fingerprint density at radius 1 is 0.947 bits per heavy atom. The molecule has 0 aromatic heterocycles. The summed E-state index contributed by atoms with van der Waals surface area (Å²) in [6.07, 6.45) is 6.84. The van der Waals surface area contributed by atoms with E-state index in [1.807, 2.05) is 0 Å². The van der Waals surface area contributed by atoms with Gasteiger partial charge in [0, 0.05) is 37.7 Å². The first-order valence-electron chi connectivity index (χ1n) is 13.5. The van der Waals surface area contributed by atoms with Crippen LogP contribution in [-0.4, -0.2) is 47.2 Å². The molecule has 0 spiro atoms. The van der Waals surface area contributed by atoms with Gasteiger partial charge in [-0.15, -0.1) is 0 Å². The zero-order chi connectivity index (χ0) is 28.0. The Labute approximate surface area is 224 Å². The molecule has 6 nitrogen and oxygen atoms in total. The van der Waals surface area contributed by atoms with Crippen LogP contribution in [0.15, 0.2) is 42.5 Å². The van der Waals surface area contributed by atoms with E-state index in [9.17, 15) is 23.5 Å². The number of carboxylic acids is 1. The number of carboxylic acid groups (broad SMARTS) is 1. The van der Waals surface area contributed by atoms with Crippen molar-refractivity contribution in [1.29, 1.82) is 0 Å². The van der Waals surface area contributed by atoms with Crippen molar-refractivity contribution in [3.05, 3.63) is 65.2 Å². The monoisotopic (exact) mass is 533 g/mol. The number of carbonyl (C=O) groups is 2. The van der Waals surface area contributed by atoms with Gasteiger partial charge in [0.25, 0.3) is 5.91 Å². The quantitative estimate of drug-likeness (QED) is 0.220. The Bertz CT molecular complexity index is 1010. The van der Waals surface area contributed by atoms with Crippen LogP contribution in [0.2, 0.25) is 0 Å². The van der Waals surface area contributed by atoms with Crippen LogP contribution in [0.3, 0.4) is 0 Å². The van der Waals surface area contributed by atoms with Gasteiger partial charge in [-0.1, -0.05) is 64.2 Å². The van der Waals surface area contributed by atoms with E-state index >= 15 is 0 Å². The minimum absolute atomic E-state index is 0.0356. The van der Waals surface area contributed by atoms with Gasteiger partial charge in [0.2, 0.25) is 0 Å². The van der Waals surface area contributed by atoms with Crippen molar-refractivity contribution in [2.24, 2.45) is 0 Å². The molecule has 38 heavy (non-hydrogen) atoms. The molecule has 210 valence electrons. The Balaban J connectivity index is 2.01. The summed E-state index contributed by atoms with van der Waals surface area (Å²) in [4.78, 5) is 26.4.